The van der Waals surface area contributed by atoms with Crippen molar-refractivity contribution in [2.24, 2.45) is 7.05 Å². The van der Waals surface area contributed by atoms with Crippen molar-refractivity contribution in [2.75, 3.05) is 5.32 Å². The van der Waals surface area contributed by atoms with E-state index in [1.165, 1.54) is 23.2 Å². The summed E-state index contributed by atoms with van der Waals surface area (Å²) in [6.07, 6.45) is 4.39. The molecule has 0 atom stereocenters. The highest BCUT2D eigenvalue weighted by Crippen LogP contribution is 2.28. The first-order valence-electron chi connectivity index (χ1n) is 7.57. The number of carbonyl (C=O) groups is 1. The number of aromatic amines is 1. The van der Waals surface area contributed by atoms with Gasteiger partial charge in [-0.25, -0.2) is 4.98 Å². The maximum Gasteiger partial charge on any atom is 0.264 e. The minimum atomic E-state index is -0.328. The Balaban J connectivity index is 1.68. The van der Waals surface area contributed by atoms with Gasteiger partial charge in [0, 0.05) is 24.3 Å². The number of anilines is 1. The van der Waals surface area contributed by atoms with Crippen LogP contribution in [0, 0.1) is 0 Å². The van der Waals surface area contributed by atoms with E-state index in [4.69, 9.17) is 4.42 Å². The van der Waals surface area contributed by atoms with Crippen LogP contribution in [0.2, 0.25) is 0 Å². The number of amides is 1. The van der Waals surface area contributed by atoms with Crippen LogP contribution >= 0.6 is 15.9 Å². The smallest absolute Gasteiger partial charge is 0.264 e. The Morgan fingerprint density at radius 3 is 2.92 bits per heavy atom. The van der Waals surface area contributed by atoms with Crippen molar-refractivity contribution >= 4 is 38.4 Å². The summed E-state index contributed by atoms with van der Waals surface area (Å²) < 4.78 is 6.97. The van der Waals surface area contributed by atoms with Crippen LogP contribution in [0.4, 0.5) is 5.69 Å². The maximum atomic E-state index is 12.5. The first-order valence-corrected chi connectivity index (χ1v) is 8.37. The number of oxazole rings is 1. The highest BCUT2D eigenvalue weighted by molar-refractivity contribution is 9.10. The lowest BCUT2D eigenvalue weighted by atomic mass is 10.1. The molecule has 0 bridgehead atoms. The first kappa shape index (κ1) is 16.3. The largest absolute Gasteiger partial charge is 0.442 e. The van der Waals surface area contributed by atoms with Crippen molar-refractivity contribution in [1.82, 2.24) is 19.7 Å². The van der Waals surface area contributed by atoms with E-state index in [1.54, 1.807) is 25.4 Å². The van der Waals surface area contributed by atoms with Gasteiger partial charge in [-0.2, -0.15) is 5.10 Å². The van der Waals surface area contributed by atoms with E-state index >= 15 is 0 Å². The van der Waals surface area contributed by atoms with Crippen LogP contribution in [0.5, 0.6) is 0 Å². The second-order valence-electron chi connectivity index (χ2n) is 5.65. The second kappa shape index (κ2) is 6.26. The number of benzene rings is 1. The van der Waals surface area contributed by atoms with Crippen LogP contribution < -0.4 is 10.9 Å². The molecule has 3 heterocycles. The fourth-order valence-corrected chi connectivity index (χ4v) is 3.14. The zero-order chi connectivity index (χ0) is 18.3. The van der Waals surface area contributed by atoms with Gasteiger partial charge >= 0.3 is 0 Å². The Bertz CT molecular complexity index is 1150. The molecule has 0 radical (unpaired) electrons. The molecule has 4 aromatic rings. The number of nitrogens with one attached hydrogen (secondary N) is 2. The minimum absolute atomic E-state index is 0.210. The van der Waals surface area contributed by atoms with E-state index in [2.05, 4.69) is 36.4 Å². The summed E-state index contributed by atoms with van der Waals surface area (Å²) in [5.74, 6) is 0.201. The topological polar surface area (TPSA) is 106 Å². The average Bonchev–Trinajstić information content (AvgIpc) is 3.28. The monoisotopic (exact) mass is 413 g/mol. The molecule has 0 aliphatic rings. The number of nitrogens with zero attached hydrogens (tertiary/aromatic N) is 3. The molecule has 1 aromatic carbocycles. The molecule has 26 heavy (non-hydrogen) atoms. The van der Waals surface area contributed by atoms with E-state index in [0.717, 1.165) is 10.9 Å². The van der Waals surface area contributed by atoms with E-state index < -0.39 is 0 Å². The molecule has 0 unspecified atom stereocenters. The summed E-state index contributed by atoms with van der Waals surface area (Å²) in [6, 6.07) is 6.87. The van der Waals surface area contributed by atoms with E-state index in [9.17, 15) is 9.59 Å². The van der Waals surface area contributed by atoms with Gasteiger partial charge in [0.2, 0.25) is 0 Å². The number of halogens is 1. The average molecular weight is 414 g/mol. The maximum absolute atomic E-state index is 12.5. The zero-order valence-electron chi connectivity index (χ0n) is 13.5. The molecule has 130 valence electrons. The van der Waals surface area contributed by atoms with Gasteiger partial charge in [0.05, 0.1) is 21.7 Å². The van der Waals surface area contributed by atoms with Crippen molar-refractivity contribution in [1.29, 1.82) is 0 Å². The van der Waals surface area contributed by atoms with Gasteiger partial charge in [-0.1, -0.05) is 0 Å². The van der Waals surface area contributed by atoms with Crippen LogP contribution in [0.3, 0.4) is 0 Å². The molecule has 0 aliphatic carbocycles. The number of rotatable bonds is 3. The summed E-state index contributed by atoms with van der Waals surface area (Å²) in [6.45, 7) is 0. The molecule has 8 nitrogen and oxygen atoms in total. The molecule has 4 rings (SSSR count). The SMILES string of the molecule is Cn1cc(C(=O)Nc2ccc3[nH]nc(-c4cnco4)c3c2)cc(Br)c1=O. The standard InChI is InChI=1S/C17H12BrN5O3/c1-23-7-9(4-12(18)17(23)25)16(24)20-10-2-3-13-11(5-10)15(22-21-13)14-6-19-8-26-14/h2-8H,1H3,(H,20,24)(H,21,22). The molecule has 0 aliphatic heterocycles. The Hall–Kier alpha value is -3.20. The van der Waals surface area contributed by atoms with Crippen LogP contribution in [-0.2, 0) is 7.05 Å². The Morgan fingerprint density at radius 1 is 1.35 bits per heavy atom. The molecule has 0 fully saturated rings. The first-order chi connectivity index (χ1) is 12.5. The third-order valence-electron chi connectivity index (χ3n) is 3.89. The van der Waals surface area contributed by atoms with Crippen molar-refractivity contribution < 1.29 is 9.21 Å². The summed E-state index contributed by atoms with van der Waals surface area (Å²) in [7, 11) is 1.59. The summed E-state index contributed by atoms with van der Waals surface area (Å²) >= 11 is 3.17. The van der Waals surface area contributed by atoms with Gasteiger partial charge in [0.15, 0.2) is 12.2 Å². The third-order valence-corrected chi connectivity index (χ3v) is 4.46. The lowest BCUT2D eigenvalue weighted by molar-refractivity contribution is 0.102. The summed E-state index contributed by atoms with van der Waals surface area (Å²) in [5.41, 5.74) is 2.16. The lowest BCUT2D eigenvalue weighted by Crippen LogP contribution is -2.21. The quantitative estimate of drug-likeness (QED) is 0.536. The molecule has 1 amide bonds. The van der Waals surface area contributed by atoms with Crippen molar-refractivity contribution in [2.45, 2.75) is 0 Å². The van der Waals surface area contributed by atoms with Crippen molar-refractivity contribution in [3.05, 3.63) is 63.4 Å². The van der Waals surface area contributed by atoms with E-state index in [-0.39, 0.29) is 11.5 Å². The molecular weight excluding hydrogens is 402 g/mol. The lowest BCUT2D eigenvalue weighted by Gasteiger charge is -2.07. The van der Waals surface area contributed by atoms with Crippen LogP contribution in [0.25, 0.3) is 22.4 Å². The molecular formula is C17H12BrN5O3. The van der Waals surface area contributed by atoms with Crippen LogP contribution in [0.15, 0.2) is 56.7 Å². The van der Waals surface area contributed by atoms with Gasteiger partial charge < -0.3 is 14.3 Å². The number of aromatic nitrogens is 4. The number of aryl methyl sites for hydroxylation is 1. The highest BCUT2D eigenvalue weighted by Gasteiger charge is 2.14. The number of fused-ring (bicyclic) bond motifs is 1. The Morgan fingerprint density at radius 2 is 2.19 bits per heavy atom. The highest BCUT2D eigenvalue weighted by atomic mass is 79.9. The van der Waals surface area contributed by atoms with Crippen LogP contribution in [0.1, 0.15) is 10.4 Å². The predicted molar refractivity (Wildman–Crippen MR) is 98.9 cm³/mol. The van der Waals surface area contributed by atoms with Gasteiger partial charge in [-0.3, -0.25) is 14.7 Å². The number of H-pyrrole nitrogens is 1. The molecule has 3 aromatic heterocycles. The zero-order valence-corrected chi connectivity index (χ0v) is 15.1. The van der Waals surface area contributed by atoms with Gasteiger partial charge in [0.25, 0.3) is 11.5 Å². The predicted octanol–water partition coefficient (Wildman–Crippen LogP) is 2.93. The van der Waals surface area contributed by atoms with Gasteiger partial charge in [0.1, 0.15) is 5.69 Å². The number of hydrogen-bond donors (Lipinski definition) is 2. The summed E-state index contributed by atoms with van der Waals surface area (Å²) in [5, 5.41) is 10.8. The van der Waals surface area contributed by atoms with E-state index in [0.29, 0.717) is 27.2 Å². The number of hydrogen-bond acceptors (Lipinski definition) is 5. The molecule has 0 saturated heterocycles. The van der Waals surface area contributed by atoms with E-state index in [1.807, 2.05) is 6.07 Å². The van der Waals surface area contributed by atoms with Crippen molar-refractivity contribution in [3.8, 4) is 11.5 Å². The fraction of sp³-hybridized carbons (Fsp3) is 0.0588. The summed E-state index contributed by atoms with van der Waals surface area (Å²) in [4.78, 5) is 28.1. The Labute approximate surface area is 155 Å². The fourth-order valence-electron chi connectivity index (χ4n) is 2.61. The third kappa shape index (κ3) is 2.82. The minimum Gasteiger partial charge on any atom is -0.442 e. The number of carbonyl (C=O) groups excluding carboxylic acids is 1. The Kier molecular flexibility index (Phi) is 3.92. The molecule has 0 saturated carbocycles. The molecule has 2 N–H and O–H groups in total. The van der Waals surface area contributed by atoms with Crippen molar-refractivity contribution in [3.63, 3.8) is 0 Å². The molecule has 9 heteroatoms. The van der Waals surface area contributed by atoms with Crippen LogP contribution in [-0.4, -0.2) is 25.7 Å². The van der Waals surface area contributed by atoms with Gasteiger partial charge in [-0.05, 0) is 40.2 Å². The number of pyridine rings is 1. The second-order valence-corrected chi connectivity index (χ2v) is 6.50. The van der Waals surface area contributed by atoms with Gasteiger partial charge in [-0.15, -0.1) is 0 Å². The normalized spacial score (nSPS) is 11.0. The molecule has 0 spiro atoms.